The monoisotopic (exact) mass is 366 g/mol. The molecule has 3 N–H and O–H groups in total. The highest BCUT2D eigenvalue weighted by Crippen LogP contribution is 2.25. The van der Waals surface area contributed by atoms with E-state index in [0.29, 0.717) is 17.4 Å². The molecule has 0 aliphatic carbocycles. The van der Waals surface area contributed by atoms with Crippen LogP contribution in [-0.2, 0) is 14.4 Å². The highest BCUT2D eigenvalue weighted by molar-refractivity contribution is 5.97. The van der Waals surface area contributed by atoms with Gasteiger partial charge in [-0.3, -0.25) is 14.8 Å². The molecule has 0 saturated heterocycles. The van der Waals surface area contributed by atoms with Crippen molar-refractivity contribution >= 4 is 18.1 Å². The molecule has 1 atom stereocenters. The lowest BCUT2D eigenvalue weighted by Gasteiger charge is -2.13. The SMILES string of the molecule is O=CC(NC(=O)CC(=O)NO)c1ccc(-c2cc(F)c(F)c(F)c2)cc1. The number of halogens is 3. The Morgan fingerprint density at radius 2 is 1.58 bits per heavy atom. The summed E-state index contributed by atoms with van der Waals surface area (Å²) in [5, 5.41) is 10.6. The predicted molar refractivity (Wildman–Crippen MR) is 83.2 cm³/mol. The summed E-state index contributed by atoms with van der Waals surface area (Å²) in [6.45, 7) is 0. The number of carbonyl (C=O) groups excluding carboxylic acids is 3. The van der Waals surface area contributed by atoms with Crippen LogP contribution < -0.4 is 10.8 Å². The summed E-state index contributed by atoms with van der Waals surface area (Å²) < 4.78 is 39.6. The fraction of sp³-hybridized carbons (Fsp3) is 0.118. The minimum absolute atomic E-state index is 0.0965. The first-order valence-corrected chi connectivity index (χ1v) is 7.28. The van der Waals surface area contributed by atoms with E-state index in [0.717, 1.165) is 12.1 Å². The Kier molecular flexibility index (Phi) is 6.07. The smallest absolute Gasteiger partial charge is 0.252 e. The van der Waals surface area contributed by atoms with Crippen LogP contribution in [0, 0.1) is 17.5 Å². The van der Waals surface area contributed by atoms with Crippen LogP contribution in [0.3, 0.4) is 0 Å². The van der Waals surface area contributed by atoms with Crippen LogP contribution in [0.15, 0.2) is 36.4 Å². The van der Waals surface area contributed by atoms with Crippen molar-refractivity contribution in [3.05, 3.63) is 59.4 Å². The molecule has 26 heavy (non-hydrogen) atoms. The molecule has 0 radical (unpaired) electrons. The van der Waals surface area contributed by atoms with Gasteiger partial charge in [0.2, 0.25) is 5.91 Å². The van der Waals surface area contributed by atoms with Gasteiger partial charge in [-0.05, 0) is 28.8 Å². The molecule has 2 rings (SSSR count). The molecule has 0 saturated carbocycles. The largest absolute Gasteiger partial charge is 0.342 e. The summed E-state index contributed by atoms with van der Waals surface area (Å²) in [5.41, 5.74) is 2.10. The van der Waals surface area contributed by atoms with E-state index in [1.165, 1.54) is 29.7 Å². The van der Waals surface area contributed by atoms with Crippen LogP contribution >= 0.6 is 0 Å². The van der Waals surface area contributed by atoms with Gasteiger partial charge in [0.25, 0.3) is 5.91 Å². The molecule has 6 nitrogen and oxygen atoms in total. The van der Waals surface area contributed by atoms with E-state index >= 15 is 0 Å². The summed E-state index contributed by atoms with van der Waals surface area (Å²) in [4.78, 5) is 33.7. The fourth-order valence-corrected chi connectivity index (χ4v) is 2.21. The van der Waals surface area contributed by atoms with E-state index in [1.54, 1.807) is 0 Å². The molecule has 0 fully saturated rings. The van der Waals surface area contributed by atoms with Gasteiger partial charge in [0, 0.05) is 0 Å². The Labute approximate surface area is 145 Å². The first kappa shape index (κ1) is 19.1. The van der Waals surface area contributed by atoms with Crippen molar-refractivity contribution in [2.24, 2.45) is 0 Å². The molecule has 0 aromatic heterocycles. The topological polar surface area (TPSA) is 95.5 Å². The Hall–Kier alpha value is -3.20. The van der Waals surface area contributed by atoms with Crippen LogP contribution in [0.25, 0.3) is 11.1 Å². The van der Waals surface area contributed by atoms with Crippen molar-refractivity contribution in [2.45, 2.75) is 12.5 Å². The van der Waals surface area contributed by atoms with E-state index in [2.05, 4.69) is 5.32 Å². The van der Waals surface area contributed by atoms with E-state index in [4.69, 9.17) is 5.21 Å². The van der Waals surface area contributed by atoms with Gasteiger partial charge in [0.1, 0.15) is 18.7 Å². The lowest BCUT2D eigenvalue weighted by molar-refractivity contribution is -0.135. The zero-order chi connectivity index (χ0) is 19.3. The second-order valence-corrected chi connectivity index (χ2v) is 5.27. The summed E-state index contributed by atoms with van der Waals surface area (Å²) in [6.07, 6.45) is -0.242. The van der Waals surface area contributed by atoms with Gasteiger partial charge < -0.3 is 10.1 Å². The lowest BCUT2D eigenvalue weighted by Crippen LogP contribution is -2.33. The minimum atomic E-state index is -1.57. The van der Waals surface area contributed by atoms with Crippen molar-refractivity contribution in [1.29, 1.82) is 0 Å². The summed E-state index contributed by atoms with van der Waals surface area (Å²) in [7, 11) is 0. The van der Waals surface area contributed by atoms with Gasteiger partial charge in [-0.25, -0.2) is 18.7 Å². The predicted octanol–water partition coefficient (Wildman–Crippen LogP) is 2.02. The van der Waals surface area contributed by atoms with Gasteiger partial charge in [-0.15, -0.1) is 0 Å². The normalized spacial score (nSPS) is 11.5. The van der Waals surface area contributed by atoms with Crippen LogP contribution in [0.2, 0.25) is 0 Å². The van der Waals surface area contributed by atoms with Crippen molar-refractivity contribution in [1.82, 2.24) is 10.8 Å². The van der Waals surface area contributed by atoms with E-state index in [1.807, 2.05) is 0 Å². The second kappa shape index (κ2) is 8.26. The third kappa shape index (κ3) is 4.45. The van der Waals surface area contributed by atoms with Crippen LogP contribution in [-0.4, -0.2) is 23.3 Å². The number of hydroxylamine groups is 1. The molecule has 1 unspecified atom stereocenters. The van der Waals surface area contributed by atoms with Crippen molar-refractivity contribution in [2.75, 3.05) is 0 Å². The van der Waals surface area contributed by atoms with E-state index in [-0.39, 0.29) is 5.56 Å². The van der Waals surface area contributed by atoms with Crippen LogP contribution in [0.4, 0.5) is 13.2 Å². The number of carbonyl (C=O) groups is 3. The Morgan fingerprint density at radius 3 is 2.08 bits per heavy atom. The lowest BCUT2D eigenvalue weighted by atomic mass is 10.0. The average Bonchev–Trinajstić information content (AvgIpc) is 2.63. The van der Waals surface area contributed by atoms with Gasteiger partial charge in [0.05, 0.1) is 0 Å². The van der Waals surface area contributed by atoms with Crippen LogP contribution in [0.5, 0.6) is 0 Å². The van der Waals surface area contributed by atoms with Gasteiger partial charge in [0.15, 0.2) is 17.5 Å². The molecule has 0 aliphatic rings. The summed E-state index contributed by atoms with van der Waals surface area (Å²) in [5.74, 6) is -5.96. The zero-order valence-corrected chi connectivity index (χ0v) is 13.1. The maximum absolute atomic E-state index is 13.3. The average molecular weight is 366 g/mol. The highest BCUT2D eigenvalue weighted by Gasteiger charge is 2.17. The molecule has 2 aromatic rings. The molecule has 2 amide bonds. The first-order valence-electron chi connectivity index (χ1n) is 7.28. The highest BCUT2D eigenvalue weighted by atomic mass is 19.2. The standard InChI is InChI=1S/C17H13F3N2O4/c18-12-5-11(6-13(19)17(12)20)9-1-3-10(4-2-9)14(8-23)21-15(24)7-16(25)22-26/h1-6,8,14,26H,7H2,(H,21,24)(H,22,25). The maximum Gasteiger partial charge on any atom is 0.252 e. The number of aldehydes is 1. The second-order valence-electron chi connectivity index (χ2n) is 5.27. The molecule has 136 valence electrons. The van der Waals surface area contributed by atoms with Gasteiger partial charge >= 0.3 is 0 Å². The van der Waals surface area contributed by atoms with E-state index in [9.17, 15) is 27.6 Å². The Balaban J connectivity index is 2.18. The van der Waals surface area contributed by atoms with Gasteiger partial charge in [-0.2, -0.15) is 0 Å². The Morgan fingerprint density at radius 1 is 1.00 bits per heavy atom. The quantitative estimate of drug-likeness (QED) is 0.240. The maximum atomic E-state index is 13.3. The number of benzene rings is 2. The number of nitrogens with one attached hydrogen (secondary N) is 2. The molecule has 0 heterocycles. The first-order chi connectivity index (χ1) is 12.3. The number of rotatable bonds is 6. The zero-order valence-electron chi connectivity index (χ0n) is 13.1. The number of hydrogen-bond acceptors (Lipinski definition) is 4. The van der Waals surface area contributed by atoms with Crippen molar-refractivity contribution in [3.8, 4) is 11.1 Å². The number of hydrogen-bond donors (Lipinski definition) is 3. The van der Waals surface area contributed by atoms with Crippen molar-refractivity contribution < 1.29 is 32.8 Å². The van der Waals surface area contributed by atoms with E-state index < -0.39 is 41.7 Å². The fourth-order valence-electron chi connectivity index (χ4n) is 2.21. The molecule has 9 heteroatoms. The number of amides is 2. The third-order valence-corrected chi connectivity index (χ3v) is 3.49. The molecule has 0 bridgehead atoms. The molecule has 2 aromatic carbocycles. The van der Waals surface area contributed by atoms with Crippen molar-refractivity contribution in [3.63, 3.8) is 0 Å². The molecular formula is C17H13F3N2O4. The molecule has 0 aliphatic heterocycles. The van der Waals surface area contributed by atoms with Gasteiger partial charge in [-0.1, -0.05) is 24.3 Å². The summed E-state index contributed by atoms with van der Waals surface area (Å²) in [6, 6.07) is 6.33. The third-order valence-electron chi connectivity index (χ3n) is 3.49. The minimum Gasteiger partial charge on any atom is -0.342 e. The molecule has 0 spiro atoms. The van der Waals surface area contributed by atoms with Crippen LogP contribution in [0.1, 0.15) is 18.0 Å². The Bertz CT molecular complexity index is 817. The molecular weight excluding hydrogens is 353 g/mol. The summed E-state index contributed by atoms with van der Waals surface area (Å²) >= 11 is 0.